The number of hydrogen-bond donors (Lipinski definition) is 2. The third-order valence-corrected chi connectivity index (χ3v) is 6.38. The summed E-state index contributed by atoms with van der Waals surface area (Å²) in [7, 11) is 0. The number of thiophene rings is 1. The average Bonchev–Trinajstić information content (AvgIpc) is 3.20. The fourth-order valence-corrected chi connectivity index (χ4v) is 4.86. The van der Waals surface area contributed by atoms with Gasteiger partial charge >= 0.3 is 17.6 Å². The van der Waals surface area contributed by atoms with Crippen LogP contribution in [0.2, 0.25) is 0 Å². The van der Waals surface area contributed by atoms with Gasteiger partial charge in [-0.05, 0) is 48.5 Å². The van der Waals surface area contributed by atoms with Gasteiger partial charge in [-0.1, -0.05) is 0 Å². The minimum atomic E-state index is -4.34. The van der Waals surface area contributed by atoms with Gasteiger partial charge in [0, 0.05) is 11.1 Å². The molecule has 1 aromatic carbocycles. The molecule has 5 nitrogen and oxygen atoms in total. The molecule has 160 valence electrons. The first-order chi connectivity index (χ1) is 13.9. The molecule has 2 heterocycles. The monoisotopic (exact) mass is 465 g/mol. The van der Waals surface area contributed by atoms with Crippen molar-refractivity contribution in [3.05, 3.63) is 46.2 Å². The Hall–Kier alpha value is -2.60. The number of aromatic hydroxyl groups is 1. The van der Waals surface area contributed by atoms with Gasteiger partial charge in [-0.25, -0.2) is 13.2 Å². The number of thioether (sulfide) groups is 1. The maximum Gasteiger partial charge on any atom is 0.358 e. The number of nitrogens with zero attached hydrogens (tertiary/aromatic N) is 1. The van der Waals surface area contributed by atoms with Gasteiger partial charge in [0.25, 0.3) is 5.91 Å². The minimum absolute atomic E-state index is 0.0236. The van der Waals surface area contributed by atoms with Crippen molar-refractivity contribution in [1.82, 2.24) is 4.57 Å². The maximum absolute atomic E-state index is 14.5. The number of aliphatic carboxylic acids is 1. The van der Waals surface area contributed by atoms with Crippen LogP contribution < -0.4 is 0 Å². The highest BCUT2D eigenvalue weighted by Gasteiger charge is 2.42. The first kappa shape index (κ1) is 22.1. The Morgan fingerprint density at radius 1 is 1.23 bits per heavy atom. The molecule has 3 aromatic rings. The van der Waals surface area contributed by atoms with Crippen molar-refractivity contribution >= 4 is 45.9 Å². The molecule has 0 atom stereocenters. The Bertz CT molecular complexity index is 1160. The van der Waals surface area contributed by atoms with Crippen LogP contribution in [0.3, 0.4) is 0 Å². The zero-order valence-electron chi connectivity index (χ0n) is 15.0. The molecule has 0 amide bonds. The summed E-state index contributed by atoms with van der Waals surface area (Å²) in [6.07, 6.45) is -4.52. The number of fused-ring (bicyclic) bond motifs is 1. The third-order valence-electron chi connectivity index (χ3n) is 4.23. The number of phenols is 1. The molecular formula is C18H12F5NO4S2. The van der Waals surface area contributed by atoms with Crippen LogP contribution in [0.5, 0.6) is 5.75 Å². The standard InChI is InChI=1S/C18H12F5NO4S2/c1-7-8(6-12(26)27)14-9(2-3-10(25)15(14)19)24(7)16(28)11-4-5-13(29-11)30-18(22,23)17(20)21/h2-5,17,25H,6H2,1H3,(H,26,27). The van der Waals surface area contributed by atoms with Crippen LogP contribution in [0, 0.1) is 12.7 Å². The van der Waals surface area contributed by atoms with Gasteiger partial charge in [0.1, 0.15) is 0 Å². The number of benzene rings is 1. The van der Waals surface area contributed by atoms with Gasteiger partial charge in [0.05, 0.1) is 21.0 Å². The molecule has 3 rings (SSSR count). The van der Waals surface area contributed by atoms with E-state index in [0.29, 0.717) is 11.3 Å². The maximum atomic E-state index is 14.5. The van der Waals surface area contributed by atoms with Crippen molar-refractivity contribution in [1.29, 1.82) is 0 Å². The normalized spacial score (nSPS) is 12.1. The van der Waals surface area contributed by atoms with Crippen molar-refractivity contribution in [2.45, 2.75) is 29.2 Å². The number of aromatic nitrogens is 1. The SMILES string of the molecule is Cc1c(CC(=O)O)c2c(F)c(O)ccc2n1C(=O)c1ccc(SC(F)(F)C(F)F)s1. The average molecular weight is 465 g/mol. The van der Waals surface area contributed by atoms with Crippen molar-refractivity contribution in [2.75, 3.05) is 0 Å². The van der Waals surface area contributed by atoms with E-state index in [1.165, 1.54) is 13.0 Å². The summed E-state index contributed by atoms with van der Waals surface area (Å²) in [5.74, 6) is -3.91. The molecule has 2 aromatic heterocycles. The number of carboxylic acids is 1. The summed E-state index contributed by atoms with van der Waals surface area (Å²) >= 11 is 0.164. The summed E-state index contributed by atoms with van der Waals surface area (Å²) in [5, 5.41) is 14.2. The summed E-state index contributed by atoms with van der Waals surface area (Å²) in [4.78, 5) is 24.1. The molecule has 0 bridgehead atoms. The summed E-state index contributed by atoms with van der Waals surface area (Å²) in [6, 6.07) is 4.46. The van der Waals surface area contributed by atoms with Gasteiger partial charge in [0.15, 0.2) is 11.6 Å². The van der Waals surface area contributed by atoms with E-state index in [1.807, 2.05) is 0 Å². The van der Waals surface area contributed by atoms with Crippen molar-refractivity contribution in [2.24, 2.45) is 0 Å². The van der Waals surface area contributed by atoms with Crippen LogP contribution in [-0.2, 0) is 11.2 Å². The molecule has 2 N–H and O–H groups in total. The van der Waals surface area contributed by atoms with E-state index in [0.717, 1.165) is 22.8 Å². The Morgan fingerprint density at radius 3 is 2.50 bits per heavy atom. The van der Waals surface area contributed by atoms with Crippen molar-refractivity contribution in [3.63, 3.8) is 0 Å². The smallest absolute Gasteiger partial charge is 0.358 e. The van der Waals surface area contributed by atoms with E-state index < -0.39 is 41.5 Å². The lowest BCUT2D eigenvalue weighted by Gasteiger charge is -2.12. The quantitative estimate of drug-likeness (QED) is 0.390. The number of halogens is 5. The van der Waals surface area contributed by atoms with E-state index >= 15 is 0 Å². The lowest BCUT2D eigenvalue weighted by Crippen LogP contribution is -2.21. The van der Waals surface area contributed by atoms with E-state index in [1.54, 1.807) is 0 Å². The molecule has 0 saturated carbocycles. The minimum Gasteiger partial charge on any atom is -0.505 e. The first-order valence-corrected chi connectivity index (χ1v) is 9.80. The summed E-state index contributed by atoms with van der Waals surface area (Å²) < 4.78 is 66.6. The number of alkyl halides is 4. The van der Waals surface area contributed by atoms with Crippen LogP contribution in [-0.4, -0.2) is 38.3 Å². The molecule has 12 heteroatoms. The fourth-order valence-electron chi connectivity index (χ4n) is 2.93. The molecule has 0 aliphatic rings. The van der Waals surface area contributed by atoms with Gasteiger partial charge in [-0.15, -0.1) is 11.3 Å². The molecule has 30 heavy (non-hydrogen) atoms. The molecule has 0 radical (unpaired) electrons. The number of carboxylic acid groups (broad SMARTS) is 1. The largest absolute Gasteiger partial charge is 0.505 e. The van der Waals surface area contributed by atoms with Gasteiger partial charge in [-0.3, -0.25) is 14.2 Å². The van der Waals surface area contributed by atoms with Crippen LogP contribution in [0.4, 0.5) is 22.0 Å². The molecule has 0 unspecified atom stereocenters. The predicted octanol–water partition coefficient (Wildman–Crippen LogP) is 5.12. The van der Waals surface area contributed by atoms with E-state index in [9.17, 15) is 36.6 Å². The summed E-state index contributed by atoms with van der Waals surface area (Å²) in [5.41, 5.74) is 0.0293. The highest BCUT2D eigenvalue weighted by atomic mass is 32.2. The molecule has 0 saturated heterocycles. The van der Waals surface area contributed by atoms with Crippen LogP contribution in [0.1, 0.15) is 20.9 Å². The zero-order valence-corrected chi connectivity index (χ0v) is 16.6. The van der Waals surface area contributed by atoms with Crippen molar-refractivity contribution in [3.8, 4) is 5.75 Å². The number of phenolic OH excluding ortho intramolecular Hbond substituents is 1. The Labute approximate surface area is 173 Å². The molecule has 0 aliphatic heterocycles. The lowest BCUT2D eigenvalue weighted by molar-refractivity contribution is -0.136. The Balaban J connectivity index is 2.09. The second-order valence-corrected chi connectivity index (χ2v) is 8.68. The molecule has 0 fully saturated rings. The van der Waals surface area contributed by atoms with E-state index in [2.05, 4.69) is 0 Å². The predicted molar refractivity (Wildman–Crippen MR) is 100 cm³/mol. The molecular weight excluding hydrogens is 453 g/mol. The highest BCUT2D eigenvalue weighted by Crippen LogP contribution is 2.43. The van der Waals surface area contributed by atoms with Gasteiger partial charge < -0.3 is 10.2 Å². The first-order valence-electron chi connectivity index (χ1n) is 8.16. The fraction of sp³-hybridized carbons (Fsp3) is 0.222. The number of rotatable bonds is 6. The third kappa shape index (κ3) is 3.88. The Kier molecular flexibility index (Phi) is 5.83. The highest BCUT2D eigenvalue weighted by molar-refractivity contribution is 8.02. The van der Waals surface area contributed by atoms with E-state index in [-0.39, 0.29) is 43.0 Å². The second kappa shape index (κ2) is 7.91. The van der Waals surface area contributed by atoms with Gasteiger partial charge in [-0.2, -0.15) is 8.78 Å². The summed E-state index contributed by atoms with van der Waals surface area (Å²) in [6.45, 7) is 1.38. The molecule has 0 spiro atoms. The van der Waals surface area contributed by atoms with Crippen LogP contribution >= 0.6 is 23.1 Å². The number of carbonyl (C=O) groups is 2. The zero-order chi connectivity index (χ0) is 22.4. The Morgan fingerprint density at radius 2 is 1.90 bits per heavy atom. The number of hydrogen-bond acceptors (Lipinski definition) is 5. The number of carbonyl (C=O) groups excluding carboxylic acids is 1. The van der Waals surface area contributed by atoms with Crippen LogP contribution in [0.15, 0.2) is 28.5 Å². The lowest BCUT2D eigenvalue weighted by atomic mass is 10.1. The topological polar surface area (TPSA) is 79.5 Å². The van der Waals surface area contributed by atoms with Gasteiger partial charge in [0.2, 0.25) is 0 Å². The molecule has 0 aliphatic carbocycles. The van der Waals surface area contributed by atoms with Crippen LogP contribution in [0.25, 0.3) is 10.9 Å². The second-order valence-electron chi connectivity index (χ2n) is 6.15. The van der Waals surface area contributed by atoms with E-state index in [4.69, 9.17) is 5.11 Å². The van der Waals surface area contributed by atoms with Crippen molar-refractivity contribution < 1.29 is 41.8 Å².